The molecule has 1 atom stereocenters. The summed E-state index contributed by atoms with van der Waals surface area (Å²) in [5.41, 5.74) is 1.16. The lowest BCUT2D eigenvalue weighted by molar-refractivity contribution is -0.146. The first-order valence-corrected chi connectivity index (χ1v) is 9.80. The van der Waals surface area contributed by atoms with E-state index in [0.29, 0.717) is 43.1 Å². The highest BCUT2D eigenvalue weighted by Crippen LogP contribution is 2.33. The Labute approximate surface area is 174 Å². The number of hydrogen-bond donors (Lipinski definition) is 2. The molecule has 0 spiro atoms. The van der Waals surface area contributed by atoms with Gasteiger partial charge in [0.15, 0.2) is 0 Å². The SMILES string of the molecule is COc1cc(OC)c2cc(C(=O)NC(C)C(=O)N3CCC(C(=O)O)CC3)n(C)c2c1. The van der Waals surface area contributed by atoms with Gasteiger partial charge in [0.2, 0.25) is 5.91 Å². The van der Waals surface area contributed by atoms with Gasteiger partial charge in [-0.15, -0.1) is 0 Å². The fraction of sp³-hybridized carbons (Fsp3) is 0.476. The highest BCUT2D eigenvalue weighted by molar-refractivity contribution is 6.02. The number of carbonyl (C=O) groups is 3. The van der Waals surface area contributed by atoms with Crippen LogP contribution >= 0.6 is 0 Å². The molecule has 9 heteroatoms. The summed E-state index contributed by atoms with van der Waals surface area (Å²) in [7, 11) is 4.87. The van der Waals surface area contributed by atoms with Gasteiger partial charge in [0.25, 0.3) is 5.91 Å². The average molecular weight is 417 g/mol. The summed E-state index contributed by atoms with van der Waals surface area (Å²) in [5, 5.41) is 12.6. The largest absolute Gasteiger partial charge is 0.497 e. The molecule has 0 aliphatic carbocycles. The van der Waals surface area contributed by atoms with Gasteiger partial charge < -0.3 is 29.4 Å². The van der Waals surface area contributed by atoms with Crippen molar-refractivity contribution in [3.63, 3.8) is 0 Å². The Morgan fingerprint density at radius 2 is 1.80 bits per heavy atom. The number of carboxylic acids is 1. The summed E-state index contributed by atoms with van der Waals surface area (Å²) < 4.78 is 12.4. The van der Waals surface area contributed by atoms with E-state index in [4.69, 9.17) is 14.6 Å². The van der Waals surface area contributed by atoms with Crippen molar-refractivity contribution in [3.05, 3.63) is 23.9 Å². The smallest absolute Gasteiger partial charge is 0.306 e. The number of carbonyl (C=O) groups excluding carboxylic acids is 2. The molecule has 0 saturated carbocycles. The molecule has 1 fully saturated rings. The highest BCUT2D eigenvalue weighted by Gasteiger charge is 2.30. The van der Waals surface area contributed by atoms with Crippen LogP contribution in [0, 0.1) is 5.92 Å². The van der Waals surface area contributed by atoms with E-state index in [9.17, 15) is 14.4 Å². The maximum absolute atomic E-state index is 12.9. The van der Waals surface area contributed by atoms with E-state index in [2.05, 4.69) is 5.32 Å². The van der Waals surface area contributed by atoms with Crippen molar-refractivity contribution in [1.29, 1.82) is 0 Å². The number of hydrogen-bond acceptors (Lipinski definition) is 5. The van der Waals surface area contributed by atoms with Crippen LogP contribution in [0.1, 0.15) is 30.3 Å². The van der Waals surface area contributed by atoms with E-state index in [1.807, 2.05) is 6.07 Å². The summed E-state index contributed by atoms with van der Waals surface area (Å²) in [4.78, 5) is 38.3. The number of likely N-dealkylation sites (tertiary alicyclic amines) is 1. The first kappa shape index (κ1) is 21.5. The van der Waals surface area contributed by atoms with Crippen LogP contribution in [0.2, 0.25) is 0 Å². The molecule has 3 rings (SSSR count). The fourth-order valence-electron chi connectivity index (χ4n) is 3.83. The molecule has 1 aliphatic rings. The zero-order chi connectivity index (χ0) is 22.0. The van der Waals surface area contributed by atoms with Crippen molar-refractivity contribution >= 4 is 28.7 Å². The van der Waals surface area contributed by atoms with Crippen LogP contribution < -0.4 is 14.8 Å². The summed E-state index contributed by atoms with van der Waals surface area (Å²) in [6.45, 7) is 2.39. The topological polar surface area (TPSA) is 110 Å². The molecule has 0 radical (unpaired) electrons. The van der Waals surface area contributed by atoms with Crippen molar-refractivity contribution in [1.82, 2.24) is 14.8 Å². The van der Waals surface area contributed by atoms with Crippen LogP contribution in [0.3, 0.4) is 0 Å². The minimum atomic E-state index is -0.828. The summed E-state index contributed by atoms with van der Waals surface area (Å²) in [5.74, 6) is -0.639. The number of amides is 2. The molecule has 1 aromatic heterocycles. The van der Waals surface area contributed by atoms with Crippen molar-refractivity contribution in [2.45, 2.75) is 25.8 Å². The van der Waals surface area contributed by atoms with E-state index in [-0.39, 0.29) is 11.8 Å². The Kier molecular flexibility index (Phi) is 6.19. The number of rotatable bonds is 6. The Morgan fingerprint density at radius 1 is 1.13 bits per heavy atom. The number of fused-ring (bicyclic) bond motifs is 1. The summed E-state index contributed by atoms with van der Waals surface area (Å²) in [6, 6.07) is 4.55. The predicted molar refractivity (Wildman–Crippen MR) is 110 cm³/mol. The lowest BCUT2D eigenvalue weighted by Gasteiger charge is -2.32. The molecule has 2 heterocycles. The predicted octanol–water partition coefficient (Wildman–Crippen LogP) is 1.64. The van der Waals surface area contributed by atoms with Crippen LogP contribution in [0.15, 0.2) is 18.2 Å². The molecular formula is C21H27N3O6. The lowest BCUT2D eigenvalue weighted by atomic mass is 9.97. The Morgan fingerprint density at radius 3 is 2.37 bits per heavy atom. The molecule has 1 aliphatic heterocycles. The van der Waals surface area contributed by atoms with Crippen LogP contribution in [-0.2, 0) is 16.6 Å². The van der Waals surface area contributed by atoms with E-state index in [1.54, 1.807) is 49.8 Å². The molecule has 9 nitrogen and oxygen atoms in total. The number of aryl methyl sites for hydroxylation is 1. The van der Waals surface area contributed by atoms with Gasteiger partial charge in [-0.05, 0) is 25.8 Å². The average Bonchev–Trinajstić information content (AvgIpc) is 3.09. The van der Waals surface area contributed by atoms with Crippen molar-refractivity contribution in [2.75, 3.05) is 27.3 Å². The number of aliphatic carboxylic acids is 1. The molecule has 2 N–H and O–H groups in total. The Bertz CT molecular complexity index is 975. The van der Waals surface area contributed by atoms with E-state index >= 15 is 0 Å². The van der Waals surface area contributed by atoms with Gasteiger partial charge in [0.1, 0.15) is 23.2 Å². The number of ether oxygens (including phenoxy) is 2. The van der Waals surface area contributed by atoms with E-state index < -0.39 is 17.9 Å². The molecule has 30 heavy (non-hydrogen) atoms. The molecule has 162 valence electrons. The van der Waals surface area contributed by atoms with Gasteiger partial charge in [0.05, 0.1) is 25.7 Å². The third-order valence-corrected chi connectivity index (χ3v) is 5.66. The number of carboxylic acid groups (broad SMARTS) is 1. The van der Waals surface area contributed by atoms with Crippen molar-refractivity contribution in [3.8, 4) is 11.5 Å². The van der Waals surface area contributed by atoms with Crippen LogP contribution in [0.4, 0.5) is 0 Å². The fourth-order valence-corrected chi connectivity index (χ4v) is 3.83. The number of nitrogens with one attached hydrogen (secondary N) is 1. The zero-order valence-corrected chi connectivity index (χ0v) is 17.6. The van der Waals surface area contributed by atoms with Gasteiger partial charge in [-0.2, -0.15) is 0 Å². The summed E-state index contributed by atoms with van der Waals surface area (Å²) in [6.07, 6.45) is 0.846. The maximum Gasteiger partial charge on any atom is 0.306 e. The monoisotopic (exact) mass is 417 g/mol. The first-order valence-electron chi connectivity index (χ1n) is 9.80. The molecule has 1 saturated heterocycles. The second kappa shape index (κ2) is 8.64. The highest BCUT2D eigenvalue weighted by atomic mass is 16.5. The second-order valence-corrected chi connectivity index (χ2v) is 7.48. The Balaban J connectivity index is 1.74. The number of piperidine rings is 1. The third kappa shape index (κ3) is 4.05. The summed E-state index contributed by atoms with van der Waals surface area (Å²) >= 11 is 0. The normalized spacial score (nSPS) is 15.7. The van der Waals surface area contributed by atoms with E-state index in [1.165, 1.54) is 0 Å². The number of nitrogens with zero attached hydrogens (tertiary/aromatic N) is 2. The maximum atomic E-state index is 12.9. The van der Waals surface area contributed by atoms with Gasteiger partial charge in [0, 0.05) is 37.7 Å². The second-order valence-electron chi connectivity index (χ2n) is 7.48. The van der Waals surface area contributed by atoms with Gasteiger partial charge >= 0.3 is 5.97 Å². The number of benzene rings is 1. The molecule has 0 bridgehead atoms. The molecule has 2 aromatic rings. The standard InChI is InChI=1S/C21H27N3O6/c1-12(20(26)24-7-5-13(6-8-24)21(27)28)22-19(25)17-11-15-16(23(17)2)9-14(29-3)10-18(15)30-4/h9-13H,5-8H2,1-4H3,(H,22,25)(H,27,28). The Hall–Kier alpha value is -3.23. The lowest BCUT2D eigenvalue weighted by Crippen LogP contribution is -2.50. The quantitative estimate of drug-likeness (QED) is 0.739. The molecule has 1 unspecified atom stereocenters. The van der Waals surface area contributed by atoms with Gasteiger partial charge in [-0.25, -0.2) is 0 Å². The first-order chi connectivity index (χ1) is 14.3. The van der Waals surface area contributed by atoms with E-state index in [0.717, 1.165) is 10.9 Å². The zero-order valence-electron chi connectivity index (χ0n) is 17.6. The molecule has 1 aromatic carbocycles. The van der Waals surface area contributed by atoms with Crippen molar-refractivity contribution in [2.24, 2.45) is 13.0 Å². The van der Waals surface area contributed by atoms with Crippen LogP contribution in [0.5, 0.6) is 11.5 Å². The van der Waals surface area contributed by atoms with Gasteiger partial charge in [-0.3, -0.25) is 14.4 Å². The minimum Gasteiger partial charge on any atom is -0.497 e. The van der Waals surface area contributed by atoms with Crippen molar-refractivity contribution < 1.29 is 29.0 Å². The molecular weight excluding hydrogens is 390 g/mol. The molecule has 2 amide bonds. The minimum absolute atomic E-state index is 0.217. The van der Waals surface area contributed by atoms with Gasteiger partial charge in [-0.1, -0.05) is 0 Å². The number of aromatic nitrogens is 1. The third-order valence-electron chi connectivity index (χ3n) is 5.66. The van der Waals surface area contributed by atoms with Crippen LogP contribution in [-0.4, -0.2) is 65.7 Å². The number of methoxy groups -OCH3 is 2. The van der Waals surface area contributed by atoms with Crippen LogP contribution in [0.25, 0.3) is 10.9 Å².